The van der Waals surface area contributed by atoms with Crippen molar-refractivity contribution in [3.63, 3.8) is 0 Å². The molecule has 0 unspecified atom stereocenters. The Labute approximate surface area is 139 Å². The van der Waals surface area contributed by atoms with Gasteiger partial charge in [0.1, 0.15) is 0 Å². The van der Waals surface area contributed by atoms with E-state index in [2.05, 4.69) is 76.3 Å². The highest BCUT2D eigenvalue weighted by Gasteiger charge is 2.38. The third-order valence-electron chi connectivity index (χ3n) is 5.46. The van der Waals surface area contributed by atoms with Crippen LogP contribution in [0, 0.1) is 13.8 Å². The van der Waals surface area contributed by atoms with Crippen LogP contribution in [0.1, 0.15) is 54.5 Å². The topological polar surface area (TPSA) is 0 Å². The Morgan fingerprint density at radius 3 is 2.43 bits per heavy atom. The van der Waals surface area contributed by atoms with Crippen molar-refractivity contribution in [1.29, 1.82) is 0 Å². The molecule has 0 spiro atoms. The van der Waals surface area contributed by atoms with E-state index in [0.717, 1.165) is 6.42 Å². The molecule has 0 bridgehead atoms. The van der Waals surface area contributed by atoms with E-state index in [0.29, 0.717) is 0 Å². The Balaban J connectivity index is 2.05. The number of aryl methyl sites for hydroxylation is 2. The second kappa shape index (κ2) is 4.96. The average molecular weight is 300 g/mol. The fourth-order valence-corrected chi connectivity index (χ4v) is 4.30. The number of hydrogen-bond acceptors (Lipinski definition) is 0. The Morgan fingerprint density at radius 2 is 1.70 bits per heavy atom. The molecule has 0 radical (unpaired) electrons. The lowest BCUT2D eigenvalue weighted by molar-refractivity contribution is 0.657. The van der Waals surface area contributed by atoms with Gasteiger partial charge in [0.15, 0.2) is 0 Å². The second-order valence-electron chi connectivity index (χ2n) is 7.49. The molecule has 116 valence electrons. The summed E-state index contributed by atoms with van der Waals surface area (Å²) in [6, 6.07) is 11.5. The highest BCUT2D eigenvalue weighted by Crippen LogP contribution is 2.52. The zero-order valence-electron chi connectivity index (χ0n) is 14.5. The molecule has 2 aromatic rings. The van der Waals surface area contributed by atoms with E-state index in [4.69, 9.17) is 0 Å². The van der Waals surface area contributed by atoms with Crippen molar-refractivity contribution >= 4 is 5.57 Å². The van der Waals surface area contributed by atoms with Gasteiger partial charge in [-0.15, -0.1) is 0 Å². The largest absolute Gasteiger partial charge is 0.0836 e. The zero-order valence-corrected chi connectivity index (χ0v) is 14.5. The van der Waals surface area contributed by atoms with E-state index in [9.17, 15) is 0 Å². The maximum absolute atomic E-state index is 2.41. The van der Waals surface area contributed by atoms with Gasteiger partial charge < -0.3 is 0 Å². The molecule has 0 N–H and O–H groups in total. The summed E-state index contributed by atoms with van der Waals surface area (Å²) in [5.41, 5.74) is 11.5. The van der Waals surface area contributed by atoms with E-state index in [-0.39, 0.29) is 5.41 Å². The summed E-state index contributed by atoms with van der Waals surface area (Å²) >= 11 is 0. The van der Waals surface area contributed by atoms with Crippen molar-refractivity contribution in [2.45, 2.75) is 46.0 Å². The normalized spacial score (nSPS) is 17.7. The zero-order chi connectivity index (χ0) is 16.2. The predicted molar refractivity (Wildman–Crippen MR) is 99.8 cm³/mol. The Morgan fingerprint density at radius 1 is 0.913 bits per heavy atom. The molecule has 0 saturated carbocycles. The number of allylic oxidation sites excluding steroid dienone is 4. The maximum atomic E-state index is 2.41. The molecule has 0 heterocycles. The van der Waals surface area contributed by atoms with Gasteiger partial charge in [-0.05, 0) is 65.6 Å². The third-order valence-corrected chi connectivity index (χ3v) is 5.46. The minimum atomic E-state index is 0.0597. The van der Waals surface area contributed by atoms with Crippen LogP contribution >= 0.6 is 0 Å². The Bertz CT molecular complexity index is 860. The maximum Gasteiger partial charge on any atom is 0.0165 e. The van der Waals surface area contributed by atoms with Gasteiger partial charge in [0, 0.05) is 5.41 Å². The number of rotatable bonds is 1. The predicted octanol–water partition coefficient (Wildman–Crippen LogP) is 6.34. The van der Waals surface area contributed by atoms with Crippen LogP contribution in [0.2, 0.25) is 0 Å². The lowest BCUT2D eigenvalue weighted by Crippen LogP contribution is -2.18. The molecule has 0 aliphatic heterocycles. The van der Waals surface area contributed by atoms with Gasteiger partial charge in [-0.25, -0.2) is 0 Å². The molecule has 0 saturated heterocycles. The van der Waals surface area contributed by atoms with Gasteiger partial charge in [-0.1, -0.05) is 68.0 Å². The van der Waals surface area contributed by atoms with Crippen LogP contribution in [0.4, 0.5) is 0 Å². The summed E-state index contributed by atoms with van der Waals surface area (Å²) in [4.78, 5) is 0. The summed E-state index contributed by atoms with van der Waals surface area (Å²) in [7, 11) is 0. The molecule has 0 nitrogen and oxygen atoms in total. The smallest absolute Gasteiger partial charge is 0.0165 e. The van der Waals surface area contributed by atoms with Crippen LogP contribution in [-0.4, -0.2) is 0 Å². The van der Waals surface area contributed by atoms with Crippen molar-refractivity contribution < 1.29 is 0 Å². The molecule has 2 aliphatic carbocycles. The molecule has 23 heavy (non-hydrogen) atoms. The van der Waals surface area contributed by atoms with Crippen LogP contribution < -0.4 is 0 Å². The van der Waals surface area contributed by atoms with Crippen molar-refractivity contribution in [1.82, 2.24) is 0 Å². The van der Waals surface area contributed by atoms with Crippen LogP contribution in [-0.2, 0) is 5.41 Å². The molecular weight excluding hydrogens is 276 g/mol. The third kappa shape index (κ3) is 2.05. The summed E-state index contributed by atoms with van der Waals surface area (Å²) in [6.07, 6.45) is 9.36. The minimum Gasteiger partial charge on any atom is -0.0836 e. The lowest BCUT2D eigenvalue weighted by Gasteiger charge is -2.26. The van der Waals surface area contributed by atoms with E-state index >= 15 is 0 Å². The molecule has 2 aliphatic rings. The second-order valence-corrected chi connectivity index (χ2v) is 7.49. The van der Waals surface area contributed by atoms with Crippen molar-refractivity contribution in [2.75, 3.05) is 0 Å². The highest BCUT2D eigenvalue weighted by molar-refractivity contribution is 5.90. The Kier molecular flexibility index (Phi) is 3.13. The highest BCUT2D eigenvalue weighted by atomic mass is 14.4. The van der Waals surface area contributed by atoms with E-state index < -0.39 is 0 Å². The molecular formula is C23H24. The fraction of sp³-hybridized carbons (Fsp3) is 0.304. The van der Waals surface area contributed by atoms with Crippen molar-refractivity contribution in [2.24, 2.45) is 0 Å². The SMILES string of the molecule is Cc1ccc2c(c1)C(C)(C)c1c-2ccc(C)c1C1=CCCC=C1. The average Bonchev–Trinajstić information content (AvgIpc) is 2.76. The molecule has 0 heteroatoms. The van der Waals surface area contributed by atoms with Gasteiger partial charge in [0.05, 0.1) is 0 Å². The van der Waals surface area contributed by atoms with Gasteiger partial charge in [-0.2, -0.15) is 0 Å². The van der Waals surface area contributed by atoms with E-state index in [1.807, 2.05) is 0 Å². The number of benzene rings is 2. The first-order valence-corrected chi connectivity index (χ1v) is 8.63. The van der Waals surface area contributed by atoms with Crippen molar-refractivity contribution in [3.8, 4) is 11.1 Å². The lowest BCUT2D eigenvalue weighted by atomic mass is 9.77. The van der Waals surface area contributed by atoms with Gasteiger partial charge >= 0.3 is 0 Å². The van der Waals surface area contributed by atoms with Gasteiger partial charge in [0.25, 0.3) is 0 Å². The fourth-order valence-electron chi connectivity index (χ4n) is 4.30. The monoisotopic (exact) mass is 300 g/mol. The first-order chi connectivity index (χ1) is 11.0. The van der Waals surface area contributed by atoms with E-state index in [1.54, 1.807) is 0 Å². The number of fused-ring (bicyclic) bond motifs is 3. The molecule has 0 amide bonds. The first kappa shape index (κ1) is 14.5. The summed E-state index contributed by atoms with van der Waals surface area (Å²) in [5, 5.41) is 0. The first-order valence-electron chi connectivity index (χ1n) is 8.63. The quantitative estimate of drug-likeness (QED) is 0.576. The van der Waals surface area contributed by atoms with Crippen LogP contribution in [0.5, 0.6) is 0 Å². The summed E-state index contributed by atoms with van der Waals surface area (Å²) < 4.78 is 0. The van der Waals surface area contributed by atoms with Gasteiger partial charge in [0.2, 0.25) is 0 Å². The van der Waals surface area contributed by atoms with Gasteiger partial charge in [-0.3, -0.25) is 0 Å². The van der Waals surface area contributed by atoms with E-state index in [1.165, 1.54) is 50.9 Å². The molecule has 0 aromatic heterocycles. The number of hydrogen-bond donors (Lipinski definition) is 0. The molecule has 4 rings (SSSR count). The summed E-state index contributed by atoms with van der Waals surface area (Å²) in [5.74, 6) is 0. The summed E-state index contributed by atoms with van der Waals surface area (Å²) in [6.45, 7) is 9.21. The standard InChI is InChI=1S/C23H24/c1-15-10-12-18-19-13-11-16(2)21(17-8-6-5-7-9-17)22(19)23(3,4)20(18)14-15/h6,8-14H,5,7H2,1-4H3. The Hall–Kier alpha value is -2.08. The molecule has 0 atom stereocenters. The van der Waals surface area contributed by atoms with Crippen LogP contribution in [0.25, 0.3) is 16.7 Å². The van der Waals surface area contributed by atoms with Crippen molar-refractivity contribution in [3.05, 3.63) is 76.4 Å². The van der Waals surface area contributed by atoms with Crippen LogP contribution in [0.3, 0.4) is 0 Å². The van der Waals surface area contributed by atoms with Crippen LogP contribution in [0.15, 0.2) is 48.6 Å². The molecule has 2 aromatic carbocycles. The minimum absolute atomic E-state index is 0.0597. The molecule has 0 fully saturated rings.